The van der Waals surface area contributed by atoms with E-state index in [-0.39, 0.29) is 18.4 Å². The fourth-order valence-electron chi connectivity index (χ4n) is 2.85. The van der Waals surface area contributed by atoms with Crippen molar-refractivity contribution in [3.8, 4) is 23.7 Å². The number of anilines is 1. The number of para-hydroxylation sites is 1. The molecule has 0 aliphatic carbocycles. The number of nitrogens with two attached hydrogens (primary N) is 1. The molecular weight excluding hydrogens is 328 g/mol. The van der Waals surface area contributed by atoms with Crippen molar-refractivity contribution >= 4 is 22.8 Å². The van der Waals surface area contributed by atoms with Crippen LogP contribution in [0.1, 0.15) is 10.5 Å². The summed E-state index contributed by atoms with van der Waals surface area (Å²) in [5, 5.41) is 5.18. The fraction of sp³-hybridized carbons (Fsp3) is 0.0526. The Hall–Kier alpha value is -3.92. The number of aromatic nitrogens is 5. The molecule has 0 bridgehead atoms. The van der Waals surface area contributed by atoms with Gasteiger partial charge in [0.25, 0.3) is 5.91 Å². The van der Waals surface area contributed by atoms with Gasteiger partial charge in [-0.15, -0.1) is 11.5 Å². The molecule has 7 heteroatoms. The van der Waals surface area contributed by atoms with Crippen LogP contribution < -0.4 is 5.73 Å². The van der Waals surface area contributed by atoms with E-state index in [4.69, 9.17) is 12.2 Å². The van der Waals surface area contributed by atoms with Gasteiger partial charge in [0.1, 0.15) is 5.69 Å². The van der Waals surface area contributed by atoms with Gasteiger partial charge in [0, 0.05) is 28.9 Å². The maximum absolute atomic E-state index is 13.1. The summed E-state index contributed by atoms with van der Waals surface area (Å²) in [6, 6.07) is 12.9. The Kier molecular flexibility index (Phi) is 3.71. The summed E-state index contributed by atoms with van der Waals surface area (Å²) in [5.41, 5.74) is 7.94. The van der Waals surface area contributed by atoms with E-state index in [9.17, 15) is 4.79 Å². The number of fused-ring (bicyclic) bond motifs is 1. The first-order valence-electron chi connectivity index (χ1n) is 7.88. The summed E-state index contributed by atoms with van der Waals surface area (Å²) in [4.78, 5) is 21.2. The molecule has 0 aliphatic rings. The summed E-state index contributed by atoms with van der Waals surface area (Å²) in [6.07, 6.45) is 8.73. The SMILES string of the molecule is C#CCn1c(C(=O)n2nc(-c3ccncc3)nc2N)cc2ccccc21. The van der Waals surface area contributed by atoms with Gasteiger partial charge in [-0.25, -0.2) is 0 Å². The minimum absolute atomic E-state index is 0.0133. The first kappa shape index (κ1) is 15.6. The summed E-state index contributed by atoms with van der Waals surface area (Å²) >= 11 is 0. The Bertz CT molecular complexity index is 1150. The molecule has 26 heavy (non-hydrogen) atoms. The van der Waals surface area contributed by atoms with Crippen molar-refractivity contribution in [2.45, 2.75) is 6.54 Å². The van der Waals surface area contributed by atoms with Crippen molar-refractivity contribution < 1.29 is 4.79 Å². The Morgan fingerprint density at radius 1 is 1.19 bits per heavy atom. The van der Waals surface area contributed by atoms with Crippen molar-refractivity contribution in [2.75, 3.05) is 5.73 Å². The molecule has 126 valence electrons. The molecular formula is C19H14N6O. The number of carbonyl (C=O) groups is 1. The normalized spacial score (nSPS) is 10.7. The second kappa shape index (κ2) is 6.18. The number of pyridine rings is 1. The molecule has 0 atom stereocenters. The first-order chi connectivity index (χ1) is 12.7. The van der Waals surface area contributed by atoms with Gasteiger partial charge < -0.3 is 10.3 Å². The first-order valence-corrected chi connectivity index (χ1v) is 7.88. The number of nitrogens with zero attached hydrogens (tertiary/aromatic N) is 5. The van der Waals surface area contributed by atoms with E-state index >= 15 is 0 Å². The molecule has 0 radical (unpaired) electrons. The van der Waals surface area contributed by atoms with Crippen LogP contribution >= 0.6 is 0 Å². The van der Waals surface area contributed by atoms with Gasteiger partial charge in [-0.3, -0.25) is 9.78 Å². The van der Waals surface area contributed by atoms with Crippen molar-refractivity contribution in [2.24, 2.45) is 0 Å². The average molecular weight is 342 g/mol. The van der Waals surface area contributed by atoms with Crippen molar-refractivity contribution in [3.63, 3.8) is 0 Å². The van der Waals surface area contributed by atoms with E-state index in [0.29, 0.717) is 11.5 Å². The van der Waals surface area contributed by atoms with E-state index in [1.807, 2.05) is 24.3 Å². The van der Waals surface area contributed by atoms with Crippen LogP contribution in [0.2, 0.25) is 0 Å². The van der Waals surface area contributed by atoms with Crippen LogP contribution in [0, 0.1) is 12.3 Å². The number of terminal acetylenes is 1. The minimum Gasteiger partial charge on any atom is -0.368 e. The van der Waals surface area contributed by atoms with E-state index in [0.717, 1.165) is 21.1 Å². The van der Waals surface area contributed by atoms with Gasteiger partial charge in [0.05, 0.1) is 6.54 Å². The Morgan fingerprint density at radius 2 is 1.96 bits per heavy atom. The molecule has 0 saturated carbocycles. The lowest BCUT2D eigenvalue weighted by Gasteiger charge is -2.06. The van der Waals surface area contributed by atoms with Gasteiger partial charge in [0.2, 0.25) is 5.95 Å². The van der Waals surface area contributed by atoms with E-state index in [1.165, 1.54) is 0 Å². The van der Waals surface area contributed by atoms with Crippen LogP contribution in [-0.2, 0) is 6.54 Å². The number of rotatable bonds is 3. The molecule has 1 aromatic carbocycles. The topological polar surface area (TPSA) is 91.6 Å². The van der Waals surface area contributed by atoms with Crippen LogP contribution in [0.5, 0.6) is 0 Å². The highest BCUT2D eigenvalue weighted by molar-refractivity contribution is 6.00. The standard InChI is InChI=1S/C19H14N6O/c1-2-11-24-15-6-4-3-5-14(15)12-16(24)18(26)25-19(20)22-17(23-25)13-7-9-21-10-8-13/h1,3-10,12H,11H2,(H2,20,22,23). The second-order valence-corrected chi connectivity index (χ2v) is 5.63. The predicted octanol–water partition coefficient (Wildman–Crippen LogP) is 2.20. The number of carbonyl (C=O) groups excluding carboxylic acids is 1. The molecule has 0 fully saturated rings. The zero-order valence-corrected chi connectivity index (χ0v) is 13.7. The van der Waals surface area contributed by atoms with Crippen molar-refractivity contribution in [3.05, 3.63) is 60.6 Å². The molecule has 0 aliphatic heterocycles. The molecule has 4 rings (SSSR count). The molecule has 2 N–H and O–H groups in total. The second-order valence-electron chi connectivity index (χ2n) is 5.63. The summed E-state index contributed by atoms with van der Waals surface area (Å²) < 4.78 is 2.86. The van der Waals surface area contributed by atoms with Crippen molar-refractivity contribution in [1.29, 1.82) is 0 Å². The third-order valence-corrected chi connectivity index (χ3v) is 4.04. The molecule has 7 nitrogen and oxygen atoms in total. The third-order valence-electron chi connectivity index (χ3n) is 4.04. The molecule has 3 aromatic heterocycles. The van der Waals surface area contributed by atoms with Crippen LogP contribution in [-0.4, -0.2) is 30.2 Å². The molecule has 0 unspecified atom stereocenters. The summed E-state index contributed by atoms with van der Waals surface area (Å²) in [5.74, 6) is 2.57. The lowest BCUT2D eigenvalue weighted by Crippen LogP contribution is -2.20. The quantitative estimate of drug-likeness (QED) is 0.576. The number of benzene rings is 1. The Balaban J connectivity index is 1.82. The maximum atomic E-state index is 13.1. The summed E-state index contributed by atoms with van der Waals surface area (Å²) in [6.45, 7) is 0.264. The fourth-order valence-corrected chi connectivity index (χ4v) is 2.85. The predicted molar refractivity (Wildman–Crippen MR) is 98.2 cm³/mol. The average Bonchev–Trinajstić information content (AvgIpc) is 3.24. The van der Waals surface area contributed by atoms with E-state index < -0.39 is 0 Å². The third kappa shape index (κ3) is 2.50. The Morgan fingerprint density at radius 3 is 2.73 bits per heavy atom. The molecule has 4 aromatic rings. The van der Waals surface area contributed by atoms with Gasteiger partial charge in [0.15, 0.2) is 5.82 Å². The van der Waals surface area contributed by atoms with Crippen molar-refractivity contribution in [1.82, 2.24) is 24.3 Å². The monoisotopic (exact) mass is 342 g/mol. The van der Waals surface area contributed by atoms with Crippen LogP contribution in [0.4, 0.5) is 5.95 Å². The van der Waals surface area contributed by atoms with E-state index in [2.05, 4.69) is 21.0 Å². The van der Waals surface area contributed by atoms with Gasteiger partial charge in [-0.05, 0) is 24.3 Å². The van der Waals surface area contributed by atoms with Gasteiger partial charge in [-0.2, -0.15) is 9.67 Å². The van der Waals surface area contributed by atoms with Crippen LogP contribution in [0.3, 0.4) is 0 Å². The largest absolute Gasteiger partial charge is 0.368 e. The summed E-state index contributed by atoms with van der Waals surface area (Å²) in [7, 11) is 0. The molecule has 0 saturated heterocycles. The highest BCUT2D eigenvalue weighted by Crippen LogP contribution is 2.22. The molecule has 0 amide bonds. The smallest absolute Gasteiger partial charge is 0.298 e. The van der Waals surface area contributed by atoms with Crippen LogP contribution in [0.15, 0.2) is 54.9 Å². The van der Waals surface area contributed by atoms with Gasteiger partial charge in [-0.1, -0.05) is 24.1 Å². The minimum atomic E-state index is -0.387. The van der Waals surface area contributed by atoms with E-state index in [1.54, 1.807) is 35.2 Å². The number of hydrogen-bond acceptors (Lipinski definition) is 5. The van der Waals surface area contributed by atoms with Crippen LogP contribution in [0.25, 0.3) is 22.3 Å². The lowest BCUT2D eigenvalue weighted by molar-refractivity contribution is 0.0939. The lowest BCUT2D eigenvalue weighted by atomic mass is 10.2. The highest BCUT2D eigenvalue weighted by atomic mass is 16.2. The zero-order chi connectivity index (χ0) is 18.1. The number of nitrogen functional groups attached to an aromatic ring is 1. The maximum Gasteiger partial charge on any atom is 0.298 e. The number of hydrogen-bond donors (Lipinski definition) is 1. The van der Waals surface area contributed by atoms with Gasteiger partial charge >= 0.3 is 0 Å². The highest BCUT2D eigenvalue weighted by Gasteiger charge is 2.21. The molecule has 3 heterocycles. The molecule has 0 spiro atoms. The Labute approximate surface area is 149 Å². The zero-order valence-electron chi connectivity index (χ0n) is 13.7.